The number of rotatable bonds is 2. The van der Waals surface area contributed by atoms with Crippen LogP contribution < -0.4 is 0 Å². The molecule has 1 fully saturated rings. The molecule has 1 aliphatic rings. The maximum atomic E-state index is 12.5. The van der Waals surface area contributed by atoms with Gasteiger partial charge in [0.1, 0.15) is 0 Å². The van der Waals surface area contributed by atoms with Crippen LogP contribution in [-0.2, 0) is 10.0 Å². The zero-order valence-electron chi connectivity index (χ0n) is 10.6. The molecule has 1 aliphatic heterocycles. The summed E-state index contributed by atoms with van der Waals surface area (Å²) in [6.07, 6.45) is 1.90. The Morgan fingerprint density at radius 1 is 1.18 bits per heavy atom. The second-order valence-corrected chi connectivity index (χ2v) is 6.77. The molecule has 0 radical (unpaired) electrons. The molecule has 1 aromatic rings. The normalized spacial score (nSPS) is 26.3. The summed E-state index contributed by atoms with van der Waals surface area (Å²) in [6.45, 7) is 5.88. The van der Waals surface area contributed by atoms with E-state index in [1.54, 1.807) is 22.5 Å². The van der Waals surface area contributed by atoms with Gasteiger partial charge in [-0.3, -0.25) is 0 Å². The minimum atomic E-state index is -3.33. The molecule has 4 heteroatoms. The first kappa shape index (κ1) is 12.6. The molecule has 0 amide bonds. The molecule has 1 heterocycles. The lowest BCUT2D eigenvalue weighted by Gasteiger charge is -2.25. The van der Waals surface area contributed by atoms with Crippen molar-refractivity contribution in [3.8, 4) is 0 Å². The highest BCUT2D eigenvalue weighted by atomic mass is 32.2. The molecule has 1 aromatic carbocycles. The summed E-state index contributed by atoms with van der Waals surface area (Å²) in [7, 11) is -3.33. The molecule has 94 valence electrons. The Bertz CT molecular complexity index is 500. The van der Waals surface area contributed by atoms with Crippen molar-refractivity contribution in [3.05, 3.63) is 29.8 Å². The second-order valence-electron chi connectivity index (χ2n) is 4.93. The fraction of sp³-hybridized carbons (Fsp3) is 0.538. The summed E-state index contributed by atoms with van der Waals surface area (Å²) < 4.78 is 26.7. The van der Waals surface area contributed by atoms with Gasteiger partial charge in [-0.2, -0.15) is 4.31 Å². The van der Waals surface area contributed by atoms with Crippen molar-refractivity contribution < 1.29 is 8.42 Å². The van der Waals surface area contributed by atoms with E-state index in [1.165, 1.54) is 0 Å². The maximum absolute atomic E-state index is 12.5. The number of nitrogens with zero attached hydrogens (tertiary/aromatic N) is 1. The van der Waals surface area contributed by atoms with E-state index in [1.807, 2.05) is 26.8 Å². The summed E-state index contributed by atoms with van der Waals surface area (Å²) in [5, 5.41) is 0. The average Bonchev–Trinajstić information content (AvgIpc) is 2.59. The van der Waals surface area contributed by atoms with Crippen molar-refractivity contribution >= 4 is 10.0 Å². The minimum absolute atomic E-state index is 0.107. The van der Waals surface area contributed by atoms with Crippen molar-refractivity contribution in [3.63, 3.8) is 0 Å². The predicted octanol–water partition coefficient (Wildman–Crippen LogP) is 2.56. The van der Waals surface area contributed by atoms with Gasteiger partial charge >= 0.3 is 0 Å². The lowest BCUT2D eigenvalue weighted by Crippen LogP contribution is -2.38. The van der Waals surface area contributed by atoms with E-state index in [9.17, 15) is 8.42 Å². The van der Waals surface area contributed by atoms with Crippen LogP contribution in [0.3, 0.4) is 0 Å². The summed E-state index contributed by atoms with van der Waals surface area (Å²) in [6, 6.07) is 7.35. The van der Waals surface area contributed by atoms with Crippen LogP contribution in [-0.4, -0.2) is 24.8 Å². The first-order valence-corrected chi connectivity index (χ1v) is 7.47. The van der Waals surface area contributed by atoms with E-state index in [0.29, 0.717) is 4.90 Å². The van der Waals surface area contributed by atoms with Gasteiger partial charge in [0.2, 0.25) is 10.0 Å². The van der Waals surface area contributed by atoms with Crippen molar-refractivity contribution in [2.75, 3.05) is 0 Å². The smallest absolute Gasteiger partial charge is 0.207 e. The van der Waals surface area contributed by atoms with Crippen molar-refractivity contribution in [1.29, 1.82) is 0 Å². The highest BCUT2D eigenvalue weighted by molar-refractivity contribution is 7.89. The summed E-state index contributed by atoms with van der Waals surface area (Å²) in [4.78, 5) is 0.415. The van der Waals surface area contributed by atoms with Crippen LogP contribution in [0.15, 0.2) is 29.2 Å². The van der Waals surface area contributed by atoms with Crippen molar-refractivity contribution in [2.24, 2.45) is 0 Å². The number of benzene rings is 1. The summed E-state index contributed by atoms with van der Waals surface area (Å²) in [5.41, 5.74) is 0.977. The quantitative estimate of drug-likeness (QED) is 0.812. The van der Waals surface area contributed by atoms with E-state index in [0.717, 1.165) is 18.4 Å². The molecule has 0 spiro atoms. The van der Waals surface area contributed by atoms with Gasteiger partial charge in [-0.15, -0.1) is 0 Å². The Labute approximate surface area is 104 Å². The van der Waals surface area contributed by atoms with Crippen LogP contribution in [0.1, 0.15) is 32.3 Å². The molecule has 17 heavy (non-hydrogen) atoms. The van der Waals surface area contributed by atoms with E-state index in [4.69, 9.17) is 0 Å². The Hall–Kier alpha value is -0.870. The van der Waals surface area contributed by atoms with Gasteiger partial charge in [0, 0.05) is 12.1 Å². The predicted molar refractivity (Wildman–Crippen MR) is 68.4 cm³/mol. The van der Waals surface area contributed by atoms with Gasteiger partial charge in [0.25, 0.3) is 0 Å². The Morgan fingerprint density at radius 2 is 1.76 bits per heavy atom. The Kier molecular flexibility index (Phi) is 3.27. The lowest BCUT2D eigenvalue weighted by atomic mass is 10.2. The molecule has 3 nitrogen and oxygen atoms in total. The van der Waals surface area contributed by atoms with Crippen LogP contribution in [0.2, 0.25) is 0 Å². The van der Waals surface area contributed by atoms with Crippen LogP contribution in [0, 0.1) is 6.92 Å². The molecule has 2 atom stereocenters. The lowest BCUT2D eigenvalue weighted by molar-refractivity contribution is 0.350. The molecule has 2 unspecified atom stereocenters. The second kappa shape index (κ2) is 4.42. The zero-order chi connectivity index (χ0) is 12.6. The minimum Gasteiger partial charge on any atom is -0.207 e. The van der Waals surface area contributed by atoms with Crippen molar-refractivity contribution in [1.82, 2.24) is 4.31 Å². The van der Waals surface area contributed by atoms with Crippen LogP contribution >= 0.6 is 0 Å². The third-order valence-corrected chi connectivity index (χ3v) is 5.56. The fourth-order valence-corrected chi connectivity index (χ4v) is 4.53. The van der Waals surface area contributed by atoms with E-state index in [2.05, 4.69) is 0 Å². The van der Waals surface area contributed by atoms with E-state index < -0.39 is 10.0 Å². The highest BCUT2D eigenvalue weighted by Gasteiger charge is 2.37. The molecule has 1 saturated heterocycles. The number of hydrogen-bond donors (Lipinski definition) is 0. The monoisotopic (exact) mass is 253 g/mol. The third-order valence-electron chi connectivity index (χ3n) is 3.44. The average molecular weight is 253 g/mol. The molecular formula is C13H19NO2S. The van der Waals surface area contributed by atoms with Gasteiger partial charge in [0.15, 0.2) is 0 Å². The van der Waals surface area contributed by atoms with Gasteiger partial charge in [-0.25, -0.2) is 8.42 Å². The molecule has 2 rings (SSSR count). The standard InChI is InChI=1S/C13H19NO2S/c1-10-5-4-6-13(9-10)17(15,16)14-11(2)7-8-12(14)3/h4-6,9,11-12H,7-8H2,1-3H3. The topological polar surface area (TPSA) is 37.4 Å². The van der Waals surface area contributed by atoms with Crippen LogP contribution in [0.5, 0.6) is 0 Å². The zero-order valence-corrected chi connectivity index (χ0v) is 11.4. The van der Waals surface area contributed by atoms with Gasteiger partial charge in [-0.05, 0) is 51.3 Å². The van der Waals surface area contributed by atoms with E-state index >= 15 is 0 Å². The summed E-state index contributed by atoms with van der Waals surface area (Å²) >= 11 is 0. The first-order chi connectivity index (χ1) is 7.93. The van der Waals surface area contributed by atoms with Crippen molar-refractivity contribution in [2.45, 2.75) is 50.6 Å². The van der Waals surface area contributed by atoms with Gasteiger partial charge in [-0.1, -0.05) is 12.1 Å². The SMILES string of the molecule is Cc1cccc(S(=O)(=O)N2C(C)CCC2C)c1. The van der Waals surface area contributed by atoms with E-state index in [-0.39, 0.29) is 12.1 Å². The number of hydrogen-bond acceptors (Lipinski definition) is 2. The molecule has 0 N–H and O–H groups in total. The third kappa shape index (κ3) is 2.24. The highest BCUT2D eigenvalue weighted by Crippen LogP contribution is 2.30. The maximum Gasteiger partial charge on any atom is 0.243 e. The molecule has 0 saturated carbocycles. The Balaban J connectivity index is 2.43. The van der Waals surface area contributed by atoms with Gasteiger partial charge in [0.05, 0.1) is 4.90 Å². The summed E-state index contributed by atoms with van der Waals surface area (Å²) in [5.74, 6) is 0. The molecular weight excluding hydrogens is 234 g/mol. The first-order valence-electron chi connectivity index (χ1n) is 6.03. The molecule has 0 aliphatic carbocycles. The molecule has 0 aromatic heterocycles. The number of sulfonamides is 1. The van der Waals surface area contributed by atoms with Crippen LogP contribution in [0.25, 0.3) is 0 Å². The fourth-order valence-electron chi connectivity index (χ4n) is 2.54. The van der Waals surface area contributed by atoms with Gasteiger partial charge < -0.3 is 0 Å². The van der Waals surface area contributed by atoms with Crippen LogP contribution in [0.4, 0.5) is 0 Å². The number of aryl methyl sites for hydroxylation is 1. The molecule has 0 bridgehead atoms. The largest absolute Gasteiger partial charge is 0.243 e. The Morgan fingerprint density at radius 3 is 2.29 bits per heavy atom.